The zero-order valence-electron chi connectivity index (χ0n) is 16.0. The van der Waals surface area contributed by atoms with Crippen LogP contribution in [0, 0.1) is 0 Å². The molecule has 0 bridgehead atoms. The molecule has 4 rings (SSSR count). The molecule has 0 atom stereocenters. The topological polar surface area (TPSA) is 73.5 Å². The van der Waals surface area contributed by atoms with Crippen LogP contribution in [-0.4, -0.2) is 31.7 Å². The lowest BCUT2D eigenvalue weighted by Gasteiger charge is -2.08. The van der Waals surface area contributed by atoms with E-state index in [1.807, 2.05) is 35.0 Å². The van der Waals surface area contributed by atoms with Gasteiger partial charge in [-0.25, -0.2) is 4.98 Å². The Hall–Kier alpha value is -3.03. The number of hydrogen-bond acceptors (Lipinski definition) is 4. The minimum Gasteiger partial charge on any atom is -0.492 e. The number of anilines is 1. The molecule has 0 saturated heterocycles. The molecule has 0 aliphatic carbocycles. The molecule has 7 nitrogen and oxygen atoms in total. The Labute approximate surface area is 183 Å². The number of carbonyl (C=O) groups excluding carboxylic acids is 1. The van der Waals surface area contributed by atoms with E-state index >= 15 is 0 Å². The zero-order valence-corrected chi connectivity index (χ0v) is 17.5. The van der Waals surface area contributed by atoms with E-state index in [1.165, 1.54) is 0 Å². The van der Waals surface area contributed by atoms with Crippen LogP contribution in [0.4, 0.5) is 5.69 Å². The number of carbonyl (C=O) groups is 1. The van der Waals surface area contributed by atoms with Crippen molar-refractivity contribution in [2.45, 2.75) is 19.4 Å². The second kappa shape index (κ2) is 9.19. The van der Waals surface area contributed by atoms with Crippen molar-refractivity contribution >= 4 is 40.4 Å². The maximum absolute atomic E-state index is 12.2. The fourth-order valence-corrected chi connectivity index (χ4v) is 3.32. The summed E-state index contributed by atoms with van der Waals surface area (Å²) in [6.45, 7) is 0.881. The summed E-state index contributed by atoms with van der Waals surface area (Å²) in [5.41, 5.74) is 2.41. The molecular weight excluding hydrogens is 425 g/mol. The van der Waals surface area contributed by atoms with Gasteiger partial charge in [-0.3, -0.25) is 9.48 Å². The molecule has 0 aliphatic heterocycles. The predicted molar refractivity (Wildman–Crippen MR) is 116 cm³/mol. The molecular formula is C21H19Cl2N5O2. The van der Waals surface area contributed by atoms with Crippen molar-refractivity contribution < 1.29 is 9.53 Å². The van der Waals surface area contributed by atoms with Crippen molar-refractivity contribution in [3.05, 3.63) is 76.9 Å². The molecule has 4 aromatic rings. The molecule has 0 aliphatic rings. The Balaban J connectivity index is 1.24. The monoisotopic (exact) mass is 443 g/mol. The van der Waals surface area contributed by atoms with Gasteiger partial charge >= 0.3 is 0 Å². The average Bonchev–Trinajstić information content (AvgIpc) is 3.34. The van der Waals surface area contributed by atoms with E-state index in [9.17, 15) is 4.79 Å². The normalized spacial score (nSPS) is 11.0. The van der Waals surface area contributed by atoms with Gasteiger partial charge in [-0.2, -0.15) is 5.10 Å². The lowest BCUT2D eigenvalue weighted by Crippen LogP contribution is -2.12. The number of halogens is 2. The van der Waals surface area contributed by atoms with E-state index in [1.54, 1.807) is 35.3 Å². The second-order valence-corrected chi connectivity index (χ2v) is 7.46. The Kier molecular flexibility index (Phi) is 6.21. The number of nitrogens with one attached hydrogen (secondary N) is 1. The summed E-state index contributed by atoms with van der Waals surface area (Å²) in [6.07, 6.45) is 8.17. The largest absolute Gasteiger partial charge is 0.492 e. The summed E-state index contributed by atoms with van der Waals surface area (Å²) in [4.78, 5) is 16.7. The first-order chi connectivity index (χ1) is 14.6. The second-order valence-electron chi connectivity index (χ2n) is 6.68. The molecule has 154 valence electrons. The van der Waals surface area contributed by atoms with Crippen LogP contribution in [0.3, 0.4) is 0 Å². The number of amides is 1. The van der Waals surface area contributed by atoms with E-state index in [0.29, 0.717) is 47.5 Å². The Morgan fingerprint density at radius 1 is 1.13 bits per heavy atom. The van der Waals surface area contributed by atoms with Gasteiger partial charge in [0.2, 0.25) is 5.91 Å². The van der Waals surface area contributed by atoms with Gasteiger partial charge in [0.25, 0.3) is 0 Å². The van der Waals surface area contributed by atoms with Gasteiger partial charge in [-0.05, 0) is 30.7 Å². The standard InChI is InChI=1S/C21H19Cl2N5O2/c22-17-5-3-6-18(21(17)23)30-10-4-8-20(29)26-15-11-24-28(13-15)14-16-12-27-9-2-1-7-19(27)25-16/h1-3,5-7,9,11-13H,4,8,10,14H2,(H,26,29). The first-order valence-electron chi connectivity index (χ1n) is 9.40. The number of fused-ring (bicyclic) bond motifs is 1. The number of rotatable bonds is 8. The van der Waals surface area contributed by atoms with Gasteiger partial charge in [0.15, 0.2) is 0 Å². The number of aromatic nitrogens is 4. The Morgan fingerprint density at radius 2 is 2.03 bits per heavy atom. The summed E-state index contributed by atoms with van der Waals surface area (Å²) in [5, 5.41) is 7.95. The number of benzene rings is 1. The summed E-state index contributed by atoms with van der Waals surface area (Å²) >= 11 is 12.0. The number of hydrogen-bond donors (Lipinski definition) is 1. The zero-order chi connectivity index (χ0) is 20.9. The van der Waals surface area contributed by atoms with Crippen molar-refractivity contribution in [3.63, 3.8) is 0 Å². The highest BCUT2D eigenvalue weighted by molar-refractivity contribution is 6.42. The Bertz CT molecular complexity index is 1140. The van der Waals surface area contributed by atoms with Crippen LogP contribution in [-0.2, 0) is 11.3 Å². The van der Waals surface area contributed by atoms with E-state index in [2.05, 4.69) is 15.4 Å². The number of pyridine rings is 1. The average molecular weight is 444 g/mol. The van der Waals surface area contributed by atoms with Crippen LogP contribution in [0.5, 0.6) is 5.75 Å². The van der Waals surface area contributed by atoms with Crippen LogP contribution in [0.1, 0.15) is 18.5 Å². The first-order valence-corrected chi connectivity index (χ1v) is 10.2. The maximum Gasteiger partial charge on any atom is 0.224 e. The van der Waals surface area contributed by atoms with Crippen LogP contribution in [0.15, 0.2) is 61.2 Å². The fraction of sp³-hybridized carbons (Fsp3) is 0.190. The first kappa shape index (κ1) is 20.3. The van der Waals surface area contributed by atoms with Gasteiger partial charge in [0.05, 0.1) is 35.8 Å². The summed E-state index contributed by atoms with van der Waals surface area (Å²) in [6, 6.07) is 11.0. The molecule has 0 unspecified atom stereocenters. The lowest BCUT2D eigenvalue weighted by atomic mass is 10.3. The number of ether oxygens (including phenoxy) is 1. The van der Waals surface area contributed by atoms with Crippen LogP contribution in [0.2, 0.25) is 10.0 Å². The molecule has 1 aromatic carbocycles. The third-order valence-electron chi connectivity index (χ3n) is 4.38. The van der Waals surface area contributed by atoms with Gasteiger partial charge in [0.1, 0.15) is 16.4 Å². The fourth-order valence-electron chi connectivity index (χ4n) is 2.98. The third kappa shape index (κ3) is 4.93. The van der Waals surface area contributed by atoms with Crippen molar-refractivity contribution in [1.29, 1.82) is 0 Å². The van der Waals surface area contributed by atoms with E-state index in [0.717, 1.165) is 11.3 Å². The summed E-state index contributed by atoms with van der Waals surface area (Å²) < 4.78 is 9.29. The molecule has 1 amide bonds. The molecule has 9 heteroatoms. The van der Waals surface area contributed by atoms with Crippen molar-refractivity contribution in [2.24, 2.45) is 0 Å². The smallest absolute Gasteiger partial charge is 0.224 e. The minimum absolute atomic E-state index is 0.108. The van der Waals surface area contributed by atoms with E-state index in [4.69, 9.17) is 27.9 Å². The minimum atomic E-state index is -0.108. The molecule has 0 spiro atoms. The van der Waals surface area contributed by atoms with Gasteiger partial charge < -0.3 is 14.5 Å². The summed E-state index contributed by atoms with van der Waals surface area (Å²) in [5.74, 6) is 0.404. The van der Waals surface area contributed by atoms with Gasteiger partial charge in [-0.15, -0.1) is 0 Å². The van der Waals surface area contributed by atoms with Crippen LogP contribution in [0.25, 0.3) is 5.65 Å². The third-order valence-corrected chi connectivity index (χ3v) is 5.18. The van der Waals surface area contributed by atoms with Crippen LogP contribution >= 0.6 is 23.2 Å². The van der Waals surface area contributed by atoms with E-state index < -0.39 is 0 Å². The van der Waals surface area contributed by atoms with E-state index in [-0.39, 0.29) is 5.91 Å². The quantitative estimate of drug-likeness (QED) is 0.401. The molecule has 0 radical (unpaired) electrons. The SMILES string of the molecule is O=C(CCCOc1cccc(Cl)c1Cl)Nc1cnn(Cc2cn3ccccc3n2)c1. The number of nitrogens with zero attached hydrogens (tertiary/aromatic N) is 4. The highest BCUT2D eigenvalue weighted by Gasteiger charge is 2.08. The van der Waals surface area contributed by atoms with Crippen LogP contribution < -0.4 is 10.1 Å². The summed E-state index contributed by atoms with van der Waals surface area (Å²) in [7, 11) is 0. The maximum atomic E-state index is 12.2. The number of imidazole rings is 1. The Morgan fingerprint density at radius 3 is 2.90 bits per heavy atom. The molecule has 30 heavy (non-hydrogen) atoms. The van der Waals surface area contributed by atoms with Gasteiger partial charge in [-0.1, -0.05) is 35.3 Å². The van der Waals surface area contributed by atoms with Crippen molar-refractivity contribution in [2.75, 3.05) is 11.9 Å². The lowest BCUT2D eigenvalue weighted by molar-refractivity contribution is -0.116. The molecule has 0 fully saturated rings. The highest BCUT2D eigenvalue weighted by Crippen LogP contribution is 2.31. The van der Waals surface area contributed by atoms with Crippen molar-refractivity contribution in [3.8, 4) is 5.75 Å². The van der Waals surface area contributed by atoms with Gasteiger partial charge in [0, 0.05) is 25.0 Å². The molecule has 1 N–H and O–H groups in total. The predicted octanol–water partition coefficient (Wildman–Crippen LogP) is 4.68. The molecule has 0 saturated carbocycles. The molecule has 3 heterocycles. The highest BCUT2D eigenvalue weighted by atomic mass is 35.5. The van der Waals surface area contributed by atoms with Crippen molar-refractivity contribution in [1.82, 2.24) is 19.2 Å². The molecule has 3 aromatic heterocycles.